The fourth-order valence-corrected chi connectivity index (χ4v) is 2.17. The number of likely N-dealkylation sites (N-methyl/N-ethyl adjacent to an activating group) is 1. The van der Waals surface area contributed by atoms with Crippen molar-refractivity contribution in [1.29, 1.82) is 0 Å². The number of nitrogens with one attached hydrogen (secondary N) is 1. The van der Waals surface area contributed by atoms with Crippen LogP contribution in [-0.2, 0) is 0 Å². The van der Waals surface area contributed by atoms with E-state index in [1.54, 1.807) is 0 Å². The molecule has 2 nitrogen and oxygen atoms in total. The molecule has 1 rings (SSSR count). The van der Waals surface area contributed by atoms with E-state index >= 15 is 0 Å². The van der Waals surface area contributed by atoms with Crippen molar-refractivity contribution in [3.63, 3.8) is 0 Å². The first-order valence-corrected chi connectivity index (χ1v) is 6.66. The van der Waals surface area contributed by atoms with Crippen molar-refractivity contribution in [2.24, 2.45) is 5.92 Å². The van der Waals surface area contributed by atoms with Crippen molar-refractivity contribution in [3.8, 4) is 0 Å². The number of nitrogens with zero attached hydrogens (tertiary/aromatic N) is 1. The minimum atomic E-state index is 0.680. The van der Waals surface area contributed by atoms with Crippen LogP contribution in [0.1, 0.15) is 47.0 Å². The summed E-state index contributed by atoms with van der Waals surface area (Å²) in [6.45, 7) is 12.7. The average Bonchev–Trinajstić information content (AvgIpc) is 3.01. The normalized spacial score (nSPS) is 18.8. The molecule has 0 radical (unpaired) electrons. The lowest BCUT2D eigenvalue weighted by atomic mass is 10.1. The summed E-state index contributed by atoms with van der Waals surface area (Å²) in [5, 5.41) is 3.71. The third-order valence-electron chi connectivity index (χ3n) is 3.42. The second kappa shape index (κ2) is 6.49. The Kier molecular flexibility index (Phi) is 5.62. The van der Waals surface area contributed by atoms with Gasteiger partial charge in [0.15, 0.2) is 0 Å². The molecule has 1 N–H and O–H groups in total. The van der Waals surface area contributed by atoms with Crippen LogP contribution in [0.2, 0.25) is 0 Å². The Morgan fingerprint density at radius 3 is 2.33 bits per heavy atom. The van der Waals surface area contributed by atoms with Gasteiger partial charge in [0, 0.05) is 18.6 Å². The van der Waals surface area contributed by atoms with Gasteiger partial charge in [-0.3, -0.25) is 4.90 Å². The standard InChI is InChI=1S/C13H28N2/c1-5-9-14-13(12-7-8-12)10-15(6-2)11(3)4/h11-14H,5-10H2,1-4H3. The van der Waals surface area contributed by atoms with E-state index in [0.717, 1.165) is 12.0 Å². The number of hydrogen-bond acceptors (Lipinski definition) is 2. The van der Waals surface area contributed by atoms with Crippen molar-refractivity contribution < 1.29 is 0 Å². The highest BCUT2D eigenvalue weighted by molar-refractivity contribution is 4.88. The lowest BCUT2D eigenvalue weighted by Crippen LogP contribution is -2.45. The molecule has 2 heteroatoms. The van der Waals surface area contributed by atoms with E-state index in [1.807, 2.05) is 0 Å². The van der Waals surface area contributed by atoms with Crippen molar-refractivity contribution in [1.82, 2.24) is 10.2 Å². The van der Waals surface area contributed by atoms with Crippen LogP contribution in [0.5, 0.6) is 0 Å². The van der Waals surface area contributed by atoms with E-state index in [-0.39, 0.29) is 0 Å². The average molecular weight is 212 g/mol. The summed E-state index contributed by atoms with van der Waals surface area (Å²) >= 11 is 0. The molecule has 1 aliphatic carbocycles. The first kappa shape index (κ1) is 13.0. The molecule has 0 aromatic rings. The molecule has 0 aromatic carbocycles. The molecule has 0 aliphatic heterocycles. The van der Waals surface area contributed by atoms with Gasteiger partial charge < -0.3 is 5.32 Å². The molecule has 0 bridgehead atoms. The predicted molar refractivity (Wildman–Crippen MR) is 67.2 cm³/mol. The van der Waals surface area contributed by atoms with Crippen molar-refractivity contribution in [2.75, 3.05) is 19.6 Å². The van der Waals surface area contributed by atoms with Crippen molar-refractivity contribution in [2.45, 2.75) is 59.0 Å². The van der Waals surface area contributed by atoms with E-state index in [4.69, 9.17) is 0 Å². The van der Waals surface area contributed by atoms with Crippen LogP contribution in [0.15, 0.2) is 0 Å². The smallest absolute Gasteiger partial charge is 0.0223 e. The van der Waals surface area contributed by atoms with Gasteiger partial charge in [0.1, 0.15) is 0 Å². The molecule has 0 aromatic heterocycles. The van der Waals surface area contributed by atoms with Gasteiger partial charge in [-0.05, 0) is 52.1 Å². The quantitative estimate of drug-likeness (QED) is 0.665. The van der Waals surface area contributed by atoms with Crippen molar-refractivity contribution >= 4 is 0 Å². The SMILES string of the molecule is CCCNC(CN(CC)C(C)C)C1CC1. The van der Waals surface area contributed by atoms with Crippen LogP contribution in [0, 0.1) is 5.92 Å². The summed E-state index contributed by atoms with van der Waals surface area (Å²) in [5.74, 6) is 0.962. The number of hydrogen-bond donors (Lipinski definition) is 1. The highest BCUT2D eigenvalue weighted by Gasteiger charge is 2.31. The maximum absolute atomic E-state index is 3.71. The predicted octanol–water partition coefficient (Wildman–Crippen LogP) is 2.49. The molecule has 1 saturated carbocycles. The third-order valence-corrected chi connectivity index (χ3v) is 3.42. The fourth-order valence-electron chi connectivity index (χ4n) is 2.17. The molecule has 1 unspecified atom stereocenters. The third kappa shape index (κ3) is 4.52. The minimum absolute atomic E-state index is 0.680. The summed E-state index contributed by atoms with van der Waals surface area (Å²) in [6.07, 6.45) is 4.13. The van der Waals surface area contributed by atoms with E-state index in [2.05, 4.69) is 37.9 Å². The monoisotopic (exact) mass is 212 g/mol. The maximum atomic E-state index is 3.71. The molecule has 1 fully saturated rings. The zero-order valence-corrected chi connectivity index (χ0v) is 10.9. The lowest BCUT2D eigenvalue weighted by molar-refractivity contribution is 0.198. The van der Waals surface area contributed by atoms with Crippen molar-refractivity contribution in [3.05, 3.63) is 0 Å². The summed E-state index contributed by atoms with van der Waals surface area (Å²) < 4.78 is 0. The number of rotatable bonds is 8. The molecule has 0 spiro atoms. The lowest BCUT2D eigenvalue weighted by Gasteiger charge is -2.30. The Morgan fingerprint density at radius 2 is 1.93 bits per heavy atom. The first-order chi connectivity index (χ1) is 7.19. The Hall–Kier alpha value is -0.0800. The first-order valence-electron chi connectivity index (χ1n) is 6.66. The van der Waals surface area contributed by atoms with E-state index in [1.165, 1.54) is 38.9 Å². The van der Waals surface area contributed by atoms with E-state index in [0.29, 0.717) is 6.04 Å². The van der Waals surface area contributed by atoms with Crippen LogP contribution in [0.25, 0.3) is 0 Å². The summed E-state index contributed by atoms with van der Waals surface area (Å²) in [4.78, 5) is 2.58. The molecule has 1 atom stereocenters. The molecule has 1 aliphatic rings. The van der Waals surface area contributed by atoms with Gasteiger partial charge in [-0.15, -0.1) is 0 Å². The van der Waals surface area contributed by atoms with Crippen LogP contribution in [0.3, 0.4) is 0 Å². The topological polar surface area (TPSA) is 15.3 Å². The summed E-state index contributed by atoms with van der Waals surface area (Å²) in [7, 11) is 0. The molecular formula is C13H28N2. The zero-order chi connectivity index (χ0) is 11.3. The van der Waals surface area contributed by atoms with Gasteiger partial charge in [-0.2, -0.15) is 0 Å². The summed E-state index contributed by atoms with van der Waals surface area (Å²) in [6, 6.07) is 1.42. The highest BCUT2D eigenvalue weighted by Crippen LogP contribution is 2.33. The van der Waals surface area contributed by atoms with Gasteiger partial charge in [-0.25, -0.2) is 0 Å². The largest absolute Gasteiger partial charge is 0.312 e. The zero-order valence-electron chi connectivity index (χ0n) is 10.9. The Balaban J connectivity index is 2.34. The Labute approximate surface area is 95.4 Å². The minimum Gasteiger partial charge on any atom is -0.312 e. The summed E-state index contributed by atoms with van der Waals surface area (Å²) in [5.41, 5.74) is 0. The highest BCUT2D eigenvalue weighted by atomic mass is 15.2. The second-order valence-corrected chi connectivity index (χ2v) is 5.08. The maximum Gasteiger partial charge on any atom is 0.0223 e. The van der Waals surface area contributed by atoms with Crippen LogP contribution < -0.4 is 5.32 Å². The molecule has 0 amide bonds. The van der Waals surface area contributed by atoms with Crippen LogP contribution in [0.4, 0.5) is 0 Å². The Morgan fingerprint density at radius 1 is 1.27 bits per heavy atom. The van der Waals surface area contributed by atoms with Gasteiger partial charge in [0.2, 0.25) is 0 Å². The van der Waals surface area contributed by atoms with Crippen LogP contribution >= 0.6 is 0 Å². The molecule has 0 saturated heterocycles. The molecule has 0 heterocycles. The van der Waals surface area contributed by atoms with Crippen LogP contribution in [-0.4, -0.2) is 36.6 Å². The molecule has 15 heavy (non-hydrogen) atoms. The second-order valence-electron chi connectivity index (χ2n) is 5.08. The van der Waals surface area contributed by atoms with E-state index < -0.39 is 0 Å². The van der Waals surface area contributed by atoms with E-state index in [9.17, 15) is 0 Å². The van der Waals surface area contributed by atoms with Gasteiger partial charge in [0.05, 0.1) is 0 Å². The van der Waals surface area contributed by atoms with Gasteiger partial charge >= 0.3 is 0 Å². The molecular weight excluding hydrogens is 184 g/mol. The fraction of sp³-hybridized carbons (Fsp3) is 1.00. The Bertz CT molecular complexity index is 164. The van der Waals surface area contributed by atoms with Gasteiger partial charge in [0.25, 0.3) is 0 Å². The molecule has 90 valence electrons. The van der Waals surface area contributed by atoms with Gasteiger partial charge in [-0.1, -0.05) is 13.8 Å².